The van der Waals surface area contributed by atoms with Crippen LogP contribution in [0.3, 0.4) is 0 Å². The summed E-state index contributed by atoms with van der Waals surface area (Å²) in [6, 6.07) is 7.87. The smallest absolute Gasteiger partial charge is 0.169 e. The Morgan fingerprint density at radius 3 is 2.63 bits per heavy atom. The first-order valence-electron chi connectivity index (χ1n) is 7.03. The molecule has 1 aliphatic carbocycles. The Bertz CT molecular complexity index is 412. The van der Waals surface area contributed by atoms with Crippen LogP contribution in [0.5, 0.6) is 5.75 Å². The molecule has 1 aliphatic heterocycles. The molecule has 4 nitrogen and oxygen atoms in total. The third-order valence-corrected chi connectivity index (χ3v) is 3.87. The third kappa shape index (κ3) is 2.91. The van der Waals surface area contributed by atoms with Gasteiger partial charge in [0.25, 0.3) is 0 Å². The van der Waals surface area contributed by atoms with E-state index < -0.39 is 0 Å². The van der Waals surface area contributed by atoms with Gasteiger partial charge in [0.05, 0.1) is 6.61 Å². The zero-order valence-corrected chi connectivity index (χ0v) is 11.1. The fraction of sp³-hybridized carbons (Fsp3) is 0.600. The normalized spacial score (nSPS) is 25.0. The summed E-state index contributed by atoms with van der Waals surface area (Å²) >= 11 is 0. The summed E-state index contributed by atoms with van der Waals surface area (Å²) in [6.45, 7) is 1.74. The molecule has 104 valence electrons. The summed E-state index contributed by atoms with van der Waals surface area (Å²) < 4.78 is 17.6. The molecule has 19 heavy (non-hydrogen) atoms. The van der Waals surface area contributed by atoms with E-state index in [4.69, 9.17) is 19.9 Å². The van der Waals surface area contributed by atoms with Gasteiger partial charge in [0.1, 0.15) is 18.5 Å². The number of benzene rings is 1. The molecular formula is C15H21NO3. The molecule has 1 aromatic rings. The van der Waals surface area contributed by atoms with Crippen LogP contribution >= 0.6 is 0 Å². The van der Waals surface area contributed by atoms with Crippen LogP contribution in [-0.4, -0.2) is 25.1 Å². The molecule has 2 N–H and O–H groups in total. The van der Waals surface area contributed by atoms with E-state index in [9.17, 15) is 0 Å². The fourth-order valence-electron chi connectivity index (χ4n) is 2.79. The minimum absolute atomic E-state index is 0.0484. The van der Waals surface area contributed by atoms with E-state index in [0.29, 0.717) is 19.8 Å². The highest BCUT2D eigenvalue weighted by Gasteiger charge is 2.43. The summed E-state index contributed by atoms with van der Waals surface area (Å²) in [5.41, 5.74) is 6.67. The van der Waals surface area contributed by atoms with Gasteiger partial charge in [-0.2, -0.15) is 0 Å². The highest BCUT2D eigenvalue weighted by Crippen LogP contribution is 2.39. The van der Waals surface area contributed by atoms with Crippen molar-refractivity contribution in [2.75, 3.05) is 13.2 Å². The van der Waals surface area contributed by atoms with Crippen molar-refractivity contribution in [1.29, 1.82) is 0 Å². The SMILES string of the molecule is NCc1ccc(OCC2COC3(CCCC3)O2)cc1. The van der Waals surface area contributed by atoms with Crippen LogP contribution in [0.1, 0.15) is 31.2 Å². The van der Waals surface area contributed by atoms with Gasteiger partial charge in [-0.3, -0.25) is 0 Å². The molecule has 2 aliphatic rings. The second kappa shape index (κ2) is 5.49. The van der Waals surface area contributed by atoms with Gasteiger partial charge < -0.3 is 19.9 Å². The molecule has 1 aromatic carbocycles. The van der Waals surface area contributed by atoms with Crippen molar-refractivity contribution in [3.05, 3.63) is 29.8 Å². The molecule has 2 fully saturated rings. The molecule has 1 unspecified atom stereocenters. The van der Waals surface area contributed by atoms with Crippen LogP contribution in [-0.2, 0) is 16.0 Å². The molecule has 1 saturated heterocycles. The van der Waals surface area contributed by atoms with Crippen LogP contribution in [0.15, 0.2) is 24.3 Å². The maximum atomic E-state index is 6.01. The van der Waals surface area contributed by atoms with E-state index >= 15 is 0 Å². The van der Waals surface area contributed by atoms with E-state index in [-0.39, 0.29) is 11.9 Å². The Morgan fingerprint density at radius 1 is 1.21 bits per heavy atom. The van der Waals surface area contributed by atoms with Gasteiger partial charge in [-0.05, 0) is 30.5 Å². The zero-order chi connectivity index (χ0) is 13.1. The molecule has 1 heterocycles. The van der Waals surface area contributed by atoms with Crippen LogP contribution in [0, 0.1) is 0 Å². The number of hydrogen-bond donors (Lipinski definition) is 1. The summed E-state index contributed by atoms with van der Waals surface area (Å²) in [7, 11) is 0. The second-order valence-corrected chi connectivity index (χ2v) is 5.33. The molecule has 3 rings (SSSR count). The second-order valence-electron chi connectivity index (χ2n) is 5.33. The number of hydrogen-bond acceptors (Lipinski definition) is 4. The van der Waals surface area contributed by atoms with E-state index in [1.165, 1.54) is 12.8 Å². The molecule has 0 radical (unpaired) electrons. The highest BCUT2D eigenvalue weighted by molar-refractivity contribution is 5.27. The fourth-order valence-corrected chi connectivity index (χ4v) is 2.79. The minimum Gasteiger partial charge on any atom is -0.491 e. The minimum atomic E-state index is -0.294. The first-order valence-corrected chi connectivity index (χ1v) is 7.03. The predicted octanol–water partition coefficient (Wildman–Crippen LogP) is 2.21. The number of ether oxygens (including phenoxy) is 3. The van der Waals surface area contributed by atoms with Gasteiger partial charge in [0, 0.05) is 19.4 Å². The van der Waals surface area contributed by atoms with Crippen molar-refractivity contribution in [3.63, 3.8) is 0 Å². The van der Waals surface area contributed by atoms with Crippen molar-refractivity contribution in [1.82, 2.24) is 0 Å². The number of rotatable bonds is 4. The van der Waals surface area contributed by atoms with Crippen LogP contribution in [0.2, 0.25) is 0 Å². The van der Waals surface area contributed by atoms with Gasteiger partial charge in [0.2, 0.25) is 0 Å². The lowest BCUT2D eigenvalue weighted by molar-refractivity contribution is -0.164. The standard InChI is InChI=1S/C15H21NO3/c16-9-12-3-5-13(6-4-12)17-10-14-11-18-15(19-14)7-1-2-8-15/h3-6,14H,1-2,7-11,16H2. The lowest BCUT2D eigenvalue weighted by atomic mass is 10.2. The van der Waals surface area contributed by atoms with E-state index in [1.54, 1.807) is 0 Å². The molecule has 0 amide bonds. The van der Waals surface area contributed by atoms with Crippen molar-refractivity contribution in [2.45, 2.75) is 44.1 Å². The lowest BCUT2D eigenvalue weighted by Gasteiger charge is -2.21. The van der Waals surface area contributed by atoms with Gasteiger partial charge >= 0.3 is 0 Å². The van der Waals surface area contributed by atoms with E-state index in [2.05, 4.69) is 0 Å². The van der Waals surface area contributed by atoms with Crippen LogP contribution in [0.25, 0.3) is 0 Å². The van der Waals surface area contributed by atoms with Crippen molar-refractivity contribution in [2.24, 2.45) is 5.73 Å². The highest BCUT2D eigenvalue weighted by atomic mass is 16.8. The molecule has 1 saturated carbocycles. The van der Waals surface area contributed by atoms with Gasteiger partial charge in [-0.1, -0.05) is 12.1 Å². The number of nitrogens with two attached hydrogens (primary N) is 1. The van der Waals surface area contributed by atoms with Crippen LogP contribution in [0.4, 0.5) is 0 Å². The summed E-state index contributed by atoms with van der Waals surface area (Å²) in [4.78, 5) is 0. The van der Waals surface area contributed by atoms with Crippen molar-refractivity contribution >= 4 is 0 Å². The monoisotopic (exact) mass is 263 g/mol. The topological polar surface area (TPSA) is 53.7 Å². The van der Waals surface area contributed by atoms with Gasteiger partial charge in [0.15, 0.2) is 5.79 Å². The quantitative estimate of drug-likeness (QED) is 0.905. The summed E-state index contributed by atoms with van der Waals surface area (Å²) in [5, 5.41) is 0. The Morgan fingerprint density at radius 2 is 1.95 bits per heavy atom. The van der Waals surface area contributed by atoms with E-state index in [1.807, 2.05) is 24.3 Å². The Kier molecular flexibility index (Phi) is 3.73. The average molecular weight is 263 g/mol. The van der Waals surface area contributed by atoms with E-state index in [0.717, 1.165) is 24.2 Å². The maximum Gasteiger partial charge on any atom is 0.169 e. The lowest BCUT2D eigenvalue weighted by Crippen LogP contribution is -2.28. The molecule has 1 spiro atoms. The predicted molar refractivity (Wildman–Crippen MR) is 71.9 cm³/mol. The average Bonchev–Trinajstić information content (AvgIpc) is 3.08. The Hall–Kier alpha value is -1.10. The first-order chi connectivity index (χ1) is 9.30. The Balaban J connectivity index is 1.49. The molecule has 0 bridgehead atoms. The third-order valence-electron chi connectivity index (χ3n) is 3.87. The summed E-state index contributed by atoms with van der Waals surface area (Å²) in [5.74, 6) is 0.561. The molecule has 0 aromatic heterocycles. The molecule has 4 heteroatoms. The molecule has 1 atom stereocenters. The Labute approximate surface area is 113 Å². The first kappa shape index (κ1) is 12.9. The zero-order valence-electron chi connectivity index (χ0n) is 11.1. The maximum absolute atomic E-state index is 6.01. The summed E-state index contributed by atoms with van der Waals surface area (Å²) in [6.07, 6.45) is 4.50. The van der Waals surface area contributed by atoms with Gasteiger partial charge in [-0.15, -0.1) is 0 Å². The van der Waals surface area contributed by atoms with Crippen molar-refractivity contribution in [3.8, 4) is 5.75 Å². The largest absolute Gasteiger partial charge is 0.491 e. The molecular weight excluding hydrogens is 242 g/mol. The van der Waals surface area contributed by atoms with Crippen molar-refractivity contribution < 1.29 is 14.2 Å². The van der Waals surface area contributed by atoms with Crippen LogP contribution < -0.4 is 10.5 Å². The van der Waals surface area contributed by atoms with Gasteiger partial charge in [-0.25, -0.2) is 0 Å².